The number of carbonyl (C=O) groups excluding carboxylic acids is 1. The highest BCUT2D eigenvalue weighted by molar-refractivity contribution is 5.91. The predicted molar refractivity (Wildman–Crippen MR) is 51.8 cm³/mol. The Hall–Kier alpha value is -1.09. The predicted octanol–water partition coefficient (Wildman–Crippen LogP) is 1.59. The van der Waals surface area contributed by atoms with Gasteiger partial charge in [-0.1, -0.05) is 6.58 Å². The lowest BCUT2D eigenvalue weighted by atomic mass is 9.86. The van der Waals surface area contributed by atoms with Crippen LogP contribution in [-0.2, 0) is 14.3 Å². The third-order valence-electron chi connectivity index (χ3n) is 2.83. The summed E-state index contributed by atoms with van der Waals surface area (Å²) in [6.45, 7) is 4.36. The number of hydrogen-bond donors (Lipinski definition) is 0. The van der Waals surface area contributed by atoms with Gasteiger partial charge in [0.05, 0.1) is 25.4 Å². The van der Waals surface area contributed by atoms with Crippen molar-refractivity contribution in [3.63, 3.8) is 0 Å². The SMILES string of the molecule is C=C1CCCC2OCC(C(=O)OC)=C12. The van der Waals surface area contributed by atoms with Crippen LogP contribution in [0.1, 0.15) is 19.3 Å². The van der Waals surface area contributed by atoms with Crippen LogP contribution in [0, 0.1) is 0 Å². The van der Waals surface area contributed by atoms with E-state index < -0.39 is 0 Å². The van der Waals surface area contributed by atoms with Crippen LogP contribution in [-0.4, -0.2) is 25.8 Å². The van der Waals surface area contributed by atoms with Gasteiger partial charge in [-0.05, 0) is 30.4 Å². The van der Waals surface area contributed by atoms with E-state index in [-0.39, 0.29) is 12.1 Å². The van der Waals surface area contributed by atoms with Gasteiger partial charge in [0.15, 0.2) is 0 Å². The lowest BCUT2D eigenvalue weighted by Crippen LogP contribution is -2.16. The average molecular weight is 194 g/mol. The minimum absolute atomic E-state index is 0.0883. The maximum absolute atomic E-state index is 11.4. The van der Waals surface area contributed by atoms with Crippen molar-refractivity contribution in [2.75, 3.05) is 13.7 Å². The summed E-state index contributed by atoms with van der Waals surface area (Å²) < 4.78 is 10.2. The number of fused-ring (bicyclic) bond motifs is 1. The molecule has 0 radical (unpaired) electrons. The molecule has 1 atom stereocenters. The summed E-state index contributed by atoms with van der Waals surface area (Å²) in [5.74, 6) is -0.273. The first kappa shape index (κ1) is 9.46. The molecular weight excluding hydrogens is 180 g/mol. The summed E-state index contributed by atoms with van der Waals surface area (Å²) in [5, 5.41) is 0. The van der Waals surface area contributed by atoms with Crippen molar-refractivity contribution in [3.05, 3.63) is 23.3 Å². The molecular formula is C11H14O3. The number of ether oxygens (including phenoxy) is 2. The van der Waals surface area contributed by atoms with Crippen LogP contribution < -0.4 is 0 Å². The summed E-state index contributed by atoms with van der Waals surface area (Å²) >= 11 is 0. The molecule has 3 heteroatoms. The average Bonchev–Trinajstić information content (AvgIpc) is 2.62. The topological polar surface area (TPSA) is 35.5 Å². The minimum Gasteiger partial charge on any atom is -0.466 e. The molecule has 0 bridgehead atoms. The molecule has 1 heterocycles. The number of esters is 1. The van der Waals surface area contributed by atoms with Crippen LogP contribution in [0.4, 0.5) is 0 Å². The zero-order chi connectivity index (χ0) is 10.1. The maximum Gasteiger partial charge on any atom is 0.336 e. The van der Waals surface area contributed by atoms with Gasteiger partial charge in [-0.25, -0.2) is 4.79 Å². The van der Waals surface area contributed by atoms with E-state index in [1.54, 1.807) is 0 Å². The molecule has 0 N–H and O–H groups in total. The molecule has 2 aliphatic rings. The molecule has 76 valence electrons. The fourth-order valence-corrected chi connectivity index (χ4v) is 2.14. The van der Waals surface area contributed by atoms with Gasteiger partial charge in [0, 0.05) is 0 Å². The van der Waals surface area contributed by atoms with Crippen molar-refractivity contribution in [1.82, 2.24) is 0 Å². The van der Waals surface area contributed by atoms with E-state index in [0.717, 1.165) is 30.4 Å². The second-order valence-electron chi connectivity index (χ2n) is 3.68. The maximum atomic E-state index is 11.4. The van der Waals surface area contributed by atoms with Crippen molar-refractivity contribution < 1.29 is 14.3 Å². The van der Waals surface area contributed by atoms with Crippen LogP contribution in [0.2, 0.25) is 0 Å². The Morgan fingerprint density at radius 1 is 1.64 bits per heavy atom. The Morgan fingerprint density at radius 3 is 3.14 bits per heavy atom. The molecule has 0 saturated heterocycles. The third-order valence-corrected chi connectivity index (χ3v) is 2.83. The van der Waals surface area contributed by atoms with Crippen molar-refractivity contribution in [3.8, 4) is 0 Å². The lowest BCUT2D eigenvalue weighted by Gasteiger charge is -2.22. The van der Waals surface area contributed by atoms with Crippen LogP contribution in [0.25, 0.3) is 0 Å². The van der Waals surface area contributed by atoms with E-state index in [9.17, 15) is 4.79 Å². The van der Waals surface area contributed by atoms with Gasteiger partial charge in [-0.3, -0.25) is 0 Å². The normalized spacial score (nSPS) is 26.4. The first-order valence-corrected chi connectivity index (χ1v) is 4.85. The van der Waals surface area contributed by atoms with E-state index in [2.05, 4.69) is 6.58 Å². The van der Waals surface area contributed by atoms with Crippen LogP contribution in [0.5, 0.6) is 0 Å². The second-order valence-corrected chi connectivity index (χ2v) is 3.68. The zero-order valence-corrected chi connectivity index (χ0v) is 8.34. The van der Waals surface area contributed by atoms with Crippen molar-refractivity contribution in [2.45, 2.75) is 25.4 Å². The Kier molecular flexibility index (Phi) is 2.42. The largest absolute Gasteiger partial charge is 0.466 e. The monoisotopic (exact) mass is 194 g/mol. The molecule has 1 fully saturated rings. The van der Waals surface area contributed by atoms with Crippen LogP contribution >= 0.6 is 0 Å². The van der Waals surface area contributed by atoms with Gasteiger partial charge < -0.3 is 9.47 Å². The van der Waals surface area contributed by atoms with E-state index in [1.165, 1.54) is 7.11 Å². The summed E-state index contributed by atoms with van der Waals surface area (Å²) in [5.41, 5.74) is 2.71. The van der Waals surface area contributed by atoms with E-state index in [4.69, 9.17) is 9.47 Å². The molecule has 2 rings (SSSR count). The van der Waals surface area contributed by atoms with E-state index in [0.29, 0.717) is 12.2 Å². The number of rotatable bonds is 1. The van der Waals surface area contributed by atoms with Crippen LogP contribution in [0.3, 0.4) is 0 Å². The van der Waals surface area contributed by atoms with Gasteiger partial charge in [-0.2, -0.15) is 0 Å². The molecule has 0 amide bonds. The van der Waals surface area contributed by atoms with Crippen LogP contribution in [0.15, 0.2) is 23.3 Å². The standard InChI is InChI=1S/C11H14O3/c1-7-4-3-5-9-10(7)8(6-14-9)11(12)13-2/h9H,1,3-6H2,2H3. The van der Waals surface area contributed by atoms with Crippen molar-refractivity contribution in [2.24, 2.45) is 0 Å². The molecule has 3 nitrogen and oxygen atoms in total. The molecule has 1 aliphatic carbocycles. The molecule has 0 spiro atoms. The molecule has 1 aliphatic heterocycles. The van der Waals surface area contributed by atoms with Gasteiger partial charge >= 0.3 is 5.97 Å². The highest BCUT2D eigenvalue weighted by Gasteiger charge is 2.34. The number of carbonyl (C=O) groups is 1. The third kappa shape index (κ3) is 1.38. The van der Waals surface area contributed by atoms with E-state index in [1.807, 2.05) is 0 Å². The van der Waals surface area contributed by atoms with Gasteiger partial charge in [0.25, 0.3) is 0 Å². The minimum atomic E-state index is -0.273. The first-order valence-electron chi connectivity index (χ1n) is 4.85. The van der Waals surface area contributed by atoms with Crippen molar-refractivity contribution >= 4 is 5.97 Å². The smallest absolute Gasteiger partial charge is 0.336 e. The Labute approximate surface area is 83.4 Å². The summed E-state index contributed by atoms with van der Waals surface area (Å²) in [6.07, 6.45) is 3.15. The fourth-order valence-electron chi connectivity index (χ4n) is 2.14. The molecule has 0 aromatic heterocycles. The lowest BCUT2D eigenvalue weighted by molar-refractivity contribution is -0.136. The summed E-state index contributed by atoms with van der Waals surface area (Å²) in [6, 6.07) is 0. The molecule has 0 aromatic carbocycles. The highest BCUT2D eigenvalue weighted by atomic mass is 16.5. The number of methoxy groups -OCH3 is 1. The number of hydrogen-bond acceptors (Lipinski definition) is 3. The quantitative estimate of drug-likeness (QED) is 0.595. The highest BCUT2D eigenvalue weighted by Crippen LogP contribution is 2.36. The molecule has 14 heavy (non-hydrogen) atoms. The summed E-state index contributed by atoms with van der Waals surface area (Å²) in [4.78, 5) is 11.4. The Bertz CT molecular complexity index is 314. The van der Waals surface area contributed by atoms with Gasteiger partial charge in [0.2, 0.25) is 0 Å². The van der Waals surface area contributed by atoms with Gasteiger partial charge in [0.1, 0.15) is 0 Å². The summed E-state index contributed by atoms with van der Waals surface area (Å²) in [7, 11) is 1.40. The first-order chi connectivity index (χ1) is 6.74. The molecule has 1 saturated carbocycles. The van der Waals surface area contributed by atoms with Gasteiger partial charge in [-0.15, -0.1) is 0 Å². The van der Waals surface area contributed by atoms with Crippen molar-refractivity contribution in [1.29, 1.82) is 0 Å². The second kappa shape index (κ2) is 3.58. The Balaban J connectivity index is 2.33. The zero-order valence-electron chi connectivity index (χ0n) is 8.34. The molecule has 0 aromatic rings. The molecule has 1 unspecified atom stereocenters. The Morgan fingerprint density at radius 2 is 2.43 bits per heavy atom. The van der Waals surface area contributed by atoms with E-state index >= 15 is 0 Å². The fraction of sp³-hybridized carbons (Fsp3) is 0.545.